The normalized spacial score (nSPS) is 28.5. The van der Waals surface area contributed by atoms with Gasteiger partial charge in [-0.25, -0.2) is 4.79 Å². The Bertz CT molecular complexity index is 762. The number of halogens is 1. The van der Waals surface area contributed by atoms with Gasteiger partial charge in [0.25, 0.3) is 0 Å². The number of phenols is 1. The van der Waals surface area contributed by atoms with E-state index >= 15 is 0 Å². The summed E-state index contributed by atoms with van der Waals surface area (Å²) in [7, 11) is 0. The molecule has 29 heavy (non-hydrogen) atoms. The molecular weight excluding hydrogens is 396 g/mol. The minimum absolute atomic E-state index is 0.0255. The van der Waals surface area contributed by atoms with Crippen LogP contribution in [-0.4, -0.2) is 47.2 Å². The Morgan fingerprint density at radius 2 is 2.14 bits per heavy atom. The van der Waals surface area contributed by atoms with Crippen molar-refractivity contribution in [1.29, 1.82) is 0 Å². The summed E-state index contributed by atoms with van der Waals surface area (Å²) in [5, 5.41) is 21.2. The second-order valence-electron chi connectivity index (χ2n) is 7.70. The largest absolute Gasteiger partial charge is 0.507 e. The fourth-order valence-electron chi connectivity index (χ4n) is 3.57. The number of carbonyl (C=O) groups excluding carboxylic acids is 1. The van der Waals surface area contributed by atoms with Gasteiger partial charge < -0.3 is 24.4 Å². The standard InChI is InChI=1S/C22H29ClO6/c1-3-4-9-27-19-12-16(25)20-15(21(19)23)11-14(24)7-5-6-8-17-18(29-17)10-13(2)28-22(20)26/h5,7,12-14,17-18,24-25H,3-4,6,8-11H2,1-2H3/b7-5+/t13-,14+,17+,18+/m1/s1. The summed E-state index contributed by atoms with van der Waals surface area (Å²) in [5.41, 5.74) is 0.299. The number of rotatable bonds is 4. The fraction of sp³-hybridized carbons (Fsp3) is 0.591. The third-order valence-electron chi connectivity index (χ3n) is 5.22. The van der Waals surface area contributed by atoms with Gasteiger partial charge in [0, 0.05) is 18.9 Å². The molecule has 0 aliphatic carbocycles. The molecule has 0 bridgehead atoms. The number of fused-ring (bicyclic) bond motifs is 2. The SMILES string of the molecule is CCCCOc1cc(O)c2c(c1Cl)C[C@@H](O)/C=C/CC[C@@H]1O[C@H]1C[C@@H](C)OC2=O. The van der Waals surface area contributed by atoms with Crippen LogP contribution in [0.3, 0.4) is 0 Å². The molecule has 160 valence electrons. The quantitative estimate of drug-likeness (QED) is 0.326. The van der Waals surface area contributed by atoms with Gasteiger partial charge in [0.05, 0.1) is 29.9 Å². The fourth-order valence-corrected chi connectivity index (χ4v) is 3.85. The van der Waals surface area contributed by atoms with Crippen LogP contribution in [0.15, 0.2) is 18.2 Å². The van der Waals surface area contributed by atoms with E-state index in [1.54, 1.807) is 13.0 Å². The third kappa shape index (κ3) is 5.65. The number of cyclic esters (lactones) is 1. The highest BCUT2D eigenvalue weighted by molar-refractivity contribution is 6.33. The van der Waals surface area contributed by atoms with Gasteiger partial charge in [-0.1, -0.05) is 37.1 Å². The zero-order valence-corrected chi connectivity index (χ0v) is 17.7. The summed E-state index contributed by atoms with van der Waals surface area (Å²) in [5.74, 6) is -0.641. The molecule has 3 rings (SSSR count). The molecule has 6 nitrogen and oxygen atoms in total. The highest BCUT2D eigenvalue weighted by Crippen LogP contribution is 2.39. The molecule has 0 radical (unpaired) electrons. The molecule has 0 amide bonds. The predicted octanol–water partition coefficient (Wildman–Crippen LogP) is 4.18. The van der Waals surface area contributed by atoms with E-state index in [2.05, 4.69) is 0 Å². The van der Waals surface area contributed by atoms with E-state index < -0.39 is 12.1 Å². The number of aromatic hydroxyl groups is 1. The van der Waals surface area contributed by atoms with E-state index in [-0.39, 0.29) is 41.1 Å². The molecule has 1 fully saturated rings. The van der Waals surface area contributed by atoms with Crippen LogP contribution >= 0.6 is 11.6 Å². The molecule has 2 aliphatic rings. The molecule has 0 saturated carbocycles. The Morgan fingerprint density at radius 3 is 2.90 bits per heavy atom. The van der Waals surface area contributed by atoms with E-state index in [1.807, 2.05) is 13.0 Å². The van der Waals surface area contributed by atoms with Crippen molar-refractivity contribution in [3.63, 3.8) is 0 Å². The minimum Gasteiger partial charge on any atom is -0.507 e. The Hall–Kier alpha value is -1.76. The third-order valence-corrected chi connectivity index (χ3v) is 5.63. The average molecular weight is 425 g/mol. The molecule has 1 saturated heterocycles. The first-order valence-corrected chi connectivity index (χ1v) is 10.7. The second-order valence-corrected chi connectivity index (χ2v) is 8.08. The van der Waals surface area contributed by atoms with Crippen molar-refractivity contribution < 1.29 is 29.2 Å². The number of aliphatic hydroxyl groups is 1. The lowest BCUT2D eigenvalue weighted by Gasteiger charge is -2.19. The van der Waals surface area contributed by atoms with Gasteiger partial charge in [0.15, 0.2) is 0 Å². The van der Waals surface area contributed by atoms with E-state index in [1.165, 1.54) is 6.07 Å². The maximum Gasteiger partial charge on any atom is 0.342 e. The zero-order valence-electron chi connectivity index (χ0n) is 16.9. The lowest BCUT2D eigenvalue weighted by Crippen LogP contribution is -2.20. The summed E-state index contributed by atoms with van der Waals surface area (Å²) in [6.07, 6.45) is 6.71. The molecule has 1 aromatic rings. The summed E-state index contributed by atoms with van der Waals surface area (Å²) < 4.78 is 16.9. The van der Waals surface area contributed by atoms with Crippen molar-refractivity contribution in [2.75, 3.05) is 6.61 Å². The summed E-state index contributed by atoms with van der Waals surface area (Å²) in [6.45, 7) is 4.29. The molecule has 2 aliphatic heterocycles. The number of benzene rings is 1. The Labute approximate surface area is 176 Å². The van der Waals surface area contributed by atoms with Crippen molar-refractivity contribution in [3.05, 3.63) is 34.4 Å². The monoisotopic (exact) mass is 424 g/mol. The van der Waals surface area contributed by atoms with Crippen LogP contribution in [0.25, 0.3) is 0 Å². The molecule has 4 atom stereocenters. The smallest absolute Gasteiger partial charge is 0.342 e. The molecule has 2 N–H and O–H groups in total. The van der Waals surface area contributed by atoms with Crippen molar-refractivity contribution in [3.8, 4) is 11.5 Å². The van der Waals surface area contributed by atoms with Crippen LogP contribution in [0, 0.1) is 0 Å². The Kier molecular flexibility index (Phi) is 7.44. The molecule has 0 unspecified atom stereocenters. The lowest BCUT2D eigenvalue weighted by molar-refractivity contribution is 0.0305. The van der Waals surface area contributed by atoms with Crippen molar-refractivity contribution >= 4 is 17.6 Å². The number of esters is 1. The average Bonchev–Trinajstić information content (AvgIpc) is 3.39. The van der Waals surface area contributed by atoms with Crippen LogP contribution in [-0.2, 0) is 15.9 Å². The first-order chi connectivity index (χ1) is 13.9. The Morgan fingerprint density at radius 1 is 1.34 bits per heavy atom. The maximum absolute atomic E-state index is 12.8. The Balaban J connectivity index is 1.93. The number of ether oxygens (including phenoxy) is 3. The minimum atomic E-state index is -0.861. The number of hydrogen-bond donors (Lipinski definition) is 2. The maximum atomic E-state index is 12.8. The number of epoxide rings is 1. The van der Waals surface area contributed by atoms with Crippen molar-refractivity contribution in [1.82, 2.24) is 0 Å². The molecule has 0 spiro atoms. The van der Waals surface area contributed by atoms with Crippen LogP contribution < -0.4 is 4.74 Å². The van der Waals surface area contributed by atoms with Crippen LogP contribution in [0.1, 0.15) is 61.9 Å². The lowest BCUT2D eigenvalue weighted by atomic mass is 9.98. The van der Waals surface area contributed by atoms with Crippen LogP contribution in [0.2, 0.25) is 5.02 Å². The highest BCUT2D eigenvalue weighted by Gasteiger charge is 2.39. The van der Waals surface area contributed by atoms with E-state index in [9.17, 15) is 15.0 Å². The van der Waals surface area contributed by atoms with Gasteiger partial charge >= 0.3 is 5.97 Å². The first-order valence-electron chi connectivity index (χ1n) is 10.3. The predicted molar refractivity (Wildman–Crippen MR) is 110 cm³/mol. The number of unbranched alkanes of at least 4 members (excludes halogenated alkanes) is 1. The second kappa shape index (κ2) is 9.83. The molecule has 7 heteroatoms. The topological polar surface area (TPSA) is 88.5 Å². The van der Waals surface area contributed by atoms with E-state index in [4.69, 9.17) is 25.8 Å². The van der Waals surface area contributed by atoms with Crippen molar-refractivity contribution in [2.45, 2.75) is 76.8 Å². The van der Waals surface area contributed by atoms with Crippen LogP contribution in [0.4, 0.5) is 0 Å². The van der Waals surface area contributed by atoms with Gasteiger partial charge in [0.2, 0.25) is 0 Å². The molecule has 2 heterocycles. The van der Waals surface area contributed by atoms with Crippen molar-refractivity contribution in [2.24, 2.45) is 0 Å². The van der Waals surface area contributed by atoms with E-state index in [0.29, 0.717) is 24.3 Å². The molecule has 1 aromatic carbocycles. The summed E-state index contributed by atoms with van der Waals surface area (Å²) >= 11 is 6.53. The van der Waals surface area contributed by atoms with Gasteiger partial charge in [-0.3, -0.25) is 0 Å². The first kappa shape index (κ1) is 21.9. The zero-order chi connectivity index (χ0) is 21.0. The van der Waals surface area contributed by atoms with Gasteiger partial charge in [-0.05, 0) is 31.7 Å². The number of allylic oxidation sites excluding steroid dienone is 1. The number of hydrogen-bond acceptors (Lipinski definition) is 6. The molecule has 0 aromatic heterocycles. The highest BCUT2D eigenvalue weighted by atomic mass is 35.5. The van der Waals surface area contributed by atoms with Crippen LogP contribution in [0.5, 0.6) is 11.5 Å². The van der Waals surface area contributed by atoms with Gasteiger partial charge in [-0.15, -0.1) is 0 Å². The molecular formula is C22H29ClO6. The summed E-state index contributed by atoms with van der Waals surface area (Å²) in [6, 6.07) is 1.34. The number of aliphatic hydroxyl groups excluding tert-OH is 1. The summed E-state index contributed by atoms with van der Waals surface area (Å²) in [4.78, 5) is 12.8. The van der Waals surface area contributed by atoms with Gasteiger partial charge in [-0.2, -0.15) is 0 Å². The number of carbonyl (C=O) groups is 1. The number of phenolic OH excluding ortho intramolecular Hbond substituents is 1. The van der Waals surface area contributed by atoms with Gasteiger partial charge in [0.1, 0.15) is 23.2 Å². The van der Waals surface area contributed by atoms with E-state index in [0.717, 1.165) is 25.7 Å².